The van der Waals surface area contributed by atoms with Gasteiger partial charge in [0.1, 0.15) is 0 Å². The molecule has 1 heteroatoms. The predicted molar refractivity (Wildman–Crippen MR) is 91.6 cm³/mol. The van der Waals surface area contributed by atoms with Gasteiger partial charge < -0.3 is 0 Å². The van der Waals surface area contributed by atoms with Crippen LogP contribution in [0.25, 0.3) is 0 Å². The van der Waals surface area contributed by atoms with Crippen LogP contribution in [0.15, 0.2) is 29.3 Å². The van der Waals surface area contributed by atoms with E-state index in [1.165, 1.54) is 44.9 Å². The van der Waals surface area contributed by atoms with Gasteiger partial charge in [0.15, 0.2) is 0 Å². The van der Waals surface area contributed by atoms with E-state index in [0.717, 1.165) is 12.8 Å². The SMILES string of the molecule is CCCCCCC1CC=CCCC=CCC(C)(C)C=N1. The fraction of sp³-hybridized carbons (Fsp3) is 0.737. The number of hydrogen-bond acceptors (Lipinski definition) is 1. The van der Waals surface area contributed by atoms with Gasteiger partial charge in [-0.1, -0.05) is 70.8 Å². The molecule has 0 saturated heterocycles. The molecule has 1 aliphatic rings. The standard InChI is InChI=1S/C19H33N/c1-4-5-6-11-14-18-15-12-9-7-8-10-13-16-19(2,3)17-20-18/h9-10,12-13,17-18H,4-8,11,14-16H2,1-3H3. The van der Waals surface area contributed by atoms with Crippen molar-refractivity contribution < 1.29 is 0 Å². The van der Waals surface area contributed by atoms with E-state index < -0.39 is 0 Å². The van der Waals surface area contributed by atoms with Crippen LogP contribution in [-0.4, -0.2) is 12.3 Å². The second-order valence-electron chi connectivity index (χ2n) is 6.73. The van der Waals surface area contributed by atoms with Crippen molar-refractivity contribution in [3.05, 3.63) is 24.3 Å². The zero-order valence-corrected chi connectivity index (χ0v) is 13.8. The summed E-state index contributed by atoms with van der Waals surface area (Å²) in [4.78, 5) is 4.90. The largest absolute Gasteiger partial charge is 0.293 e. The Morgan fingerprint density at radius 2 is 1.75 bits per heavy atom. The molecular weight excluding hydrogens is 242 g/mol. The lowest BCUT2D eigenvalue weighted by molar-refractivity contribution is 0.520. The monoisotopic (exact) mass is 275 g/mol. The molecule has 114 valence electrons. The molecule has 0 N–H and O–H groups in total. The van der Waals surface area contributed by atoms with Crippen molar-refractivity contribution in [3.63, 3.8) is 0 Å². The Balaban J connectivity index is 2.57. The van der Waals surface area contributed by atoms with E-state index in [1.807, 2.05) is 0 Å². The Morgan fingerprint density at radius 1 is 1.00 bits per heavy atom. The van der Waals surface area contributed by atoms with E-state index in [1.54, 1.807) is 0 Å². The van der Waals surface area contributed by atoms with Crippen LogP contribution in [0.2, 0.25) is 0 Å². The van der Waals surface area contributed by atoms with E-state index in [2.05, 4.69) is 51.3 Å². The van der Waals surface area contributed by atoms with Gasteiger partial charge in [0.25, 0.3) is 0 Å². The summed E-state index contributed by atoms with van der Waals surface area (Å²) in [5.74, 6) is 0. The summed E-state index contributed by atoms with van der Waals surface area (Å²) < 4.78 is 0. The van der Waals surface area contributed by atoms with E-state index >= 15 is 0 Å². The molecule has 1 atom stereocenters. The highest BCUT2D eigenvalue weighted by molar-refractivity contribution is 5.65. The number of unbranched alkanes of at least 4 members (excludes halogenated alkanes) is 3. The van der Waals surface area contributed by atoms with Crippen LogP contribution in [-0.2, 0) is 0 Å². The second kappa shape index (κ2) is 9.96. The van der Waals surface area contributed by atoms with Gasteiger partial charge in [-0.2, -0.15) is 0 Å². The Morgan fingerprint density at radius 3 is 2.50 bits per heavy atom. The van der Waals surface area contributed by atoms with Crippen LogP contribution in [0.1, 0.15) is 78.6 Å². The minimum Gasteiger partial charge on any atom is -0.293 e. The van der Waals surface area contributed by atoms with Crippen molar-refractivity contribution in [2.24, 2.45) is 10.4 Å². The lowest BCUT2D eigenvalue weighted by atomic mass is 9.90. The van der Waals surface area contributed by atoms with Crippen molar-refractivity contribution in [3.8, 4) is 0 Å². The maximum Gasteiger partial charge on any atom is 0.0530 e. The summed E-state index contributed by atoms with van der Waals surface area (Å²) in [6, 6.07) is 0.491. The minimum atomic E-state index is 0.196. The summed E-state index contributed by atoms with van der Waals surface area (Å²) in [6.45, 7) is 6.85. The van der Waals surface area contributed by atoms with Crippen LogP contribution < -0.4 is 0 Å². The highest BCUT2D eigenvalue weighted by atomic mass is 14.8. The summed E-state index contributed by atoms with van der Waals surface area (Å²) in [5.41, 5.74) is 0.196. The molecule has 0 spiro atoms. The molecule has 0 saturated carbocycles. The second-order valence-corrected chi connectivity index (χ2v) is 6.73. The van der Waals surface area contributed by atoms with Crippen molar-refractivity contribution in [2.75, 3.05) is 0 Å². The summed E-state index contributed by atoms with van der Waals surface area (Å²) >= 11 is 0. The van der Waals surface area contributed by atoms with E-state index in [-0.39, 0.29) is 5.41 Å². The van der Waals surface area contributed by atoms with Gasteiger partial charge in [0.2, 0.25) is 0 Å². The van der Waals surface area contributed by atoms with Crippen molar-refractivity contribution in [2.45, 2.75) is 84.6 Å². The zero-order valence-electron chi connectivity index (χ0n) is 13.8. The molecule has 1 nitrogen and oxygen atoms in total. The Labute approximate surface area is 126 Å². The van der Waals surface area contributed by atoms with Crippen LogP contribution in [0.4, 0.5) is 0 Å². The summed E-state index contributed by atoms with van der Waals surface area (Å²) in [7, 11) is 0. The molecule has 0 aromatic rings. The first-order valence-electron chi connectivity index (χ1n) is 8.48. The van der Waals surface area contributed by atoms with Crippen molar-refractivity contribution in [1.29, 1.82) is 0 Å². The lowest BCUT2D eigenvalue weighted by Crippen LogP contribution is -2.15. The fourth-order valence-electron chi connectivity index (χ4n) is 2.49. The van der Waals surface area contributed by atoms with Gasteiger partial charge in [-0.15, -0.1) is 0 Å². The number of allylic oxidation sites excluding steroid dienone is 3. The minimum absolute atomic E-state index is 0.196. The maximum absolute atomic E-state index is 4.90. The van der Waals surface area contributed by atoms with Crippen LogP contribution in [0.3, 0.4) is 0 Å². The summed E-state index contributed by atoms with van der Waals surface area (Å²) in [6.07, 6.45) is 22.7. The first-order valence-corrected chi connectivity index (χ1v) is 8.48. The number of hydrogen-bond donors (Lipinski definition) is 0. The topological polar surface area (TPSA) is 12.4 Å². The van der Waals surface area contributed by atoms with E-state index in [4.69, 9.17) is 4.99 Å². The molecule has 0 bridgehead atoms. The summed E-state index contributed by atoms with van der Waals surface area (Å²) in [5, 5.41) is 0. The maximum atomic E-state index is 4.90. The molecule has 0 fully saturated rings. The van der Waals surface area contributed by atoms with Gasteiger partial charge in [-0.05, 0) is 32.1 Å². The Kier molecular flexibility index (Phi) is 8.57. The average molecular weight is 275 g/mol. The molecule has 1 aliphatic heterocycles. The zero-order chi connectivity index (χ0) is 14.7. The third-order valence-electron chi connectivity index (χ3n) is 3.91. The highest BCUT2D eigenvalue weighted by Crippen LogP contribution is 2.21. The van der Waals surface area contributed by atoms with Crippen molar-refractivity contribution in [1.82, 2.24) is 0 Å². The normalized spacial score (nSPS) is 23.2. The smallest absolute Gasteiger partial charge is 0.0530 e. The Bertz CT molecular complexity index is 323. The van der Waals surface area contributed by atoms with Gasteiger partial charge in [0, 0.05) is 11.6 Å². The highest BCUT2D eigenvalue weighted by Gasteiger charge is 2.14. The van der Waals surface area contributed by atoms with E-state index in [9.17, 15) is 0 Å². The molecule has 0 aromatic heterocycles. The van der Waals surface area contributed by atoms with Crippen LogP contribution >= 0.6 is 0 Å². The predicted octanol–water partition coefficient (Wildman–Crippen LogP) is 6.11. The number of aliphatic imine (C=N–C) groups is 1. The molecule has 0 aliphatic carbocycles. The van der Waals surface area contributed by atoms with Crippen LogP contribution in [0.5, 0.6) is 0 Å². The number of rotatable bonds is 5. The van der Waals surface area contributed by atoms with Gasteiger partial charge >= 0.3 is 0 Å². The third-order valence-corrected chi connectivity index (χ3v) is 3.91. The molecular formula is C19H33N. The molecule has 20 heavy (non-hydrogen) atoms. The first kappa shape index (κ1) is 17.2. The molecule has 1 unspecified atom stereocenters. The van der Waals surface area contributed by atoms with Gasteiger partial charge in [-0.3, -0.25) is 4.99 Å². The fourth-order valence-corrected chi connectivity index (χ4v) is 2.49. The Hall–Kier alpha value is -0.850. The lowest BCUT2D eigenvalue weighted by Gasteiger charge is -2.19. The molecule has 1 heterocycles. The molecule has 1 rings (SSSR count). The molecule has 0 aromatic carbocycles. The third kappa shape index (κ3) is 8.35. The van der Waals surface area contributed by atoms with Gasteiger partial charge in [0.05, 0.1) is 6.04 Å². The van der Waals surface area contributed by atoms with Crippen LogP contribution in [0, 0.1) is 5.41 Å². The first-order chi connectivity index (χ1) is 9.64. The van der Waals surface area contributed by atoms with Crippen molar-refractivity contribution >= 4 is 6.21 Å². The molecule has 0 amide bonds. The van der Waals surface area contributed by atoms with E-state index in [0.29, 0.717) is 6.04 Å². The average Bonchev–Trinajstić information content (AvgIpc) is 2.41. The van der Waals surface area contributed by atoms with Gasteiger partial charge in [-0.25, -0.2) is 0 Å². The molecule has 0 radical (unpaired) electrons. The number of nitrogens with zero attached hydrogens (tertiary/aromatic N) is 1. The quantitative estimate of drug-likeness (QED) is 0.424.